The van der Waals surface area contributed by atoms with Crippen LogP contribution in [0.25, 0.3) is 5.69 Å². The summed E-state index contributed by atoms with van der Waals surface area (Å²) in [4.78, 5) is 17.4. The highest BCUT2D eigenvalue weighted by atomic mass is 127. The summed E-state index contributed by atoms with van der Waals surface area (Å²) in [5, 5.41) is 4.80. The lowest BCUT2D eigenvalue weighted by molar-refractivity contribution is -0.160. The molecule has 5 nitrogen and oxygen atoms in total. The maximum atomic E-state index is 12.3. The molecule has 2 bridgehead atoms. The lowest BCUT2D eigenvalue weighted by Crippen LogP contribution is -2.48. The van der Waals surface area contributed by atoms with Gasteiger partial charge in [-0.3, -0.25) is 9.78 Å². The Bertz CT molecular complexity index is 939. The zero-order valence-corrected chi connectivity index (χ0v) is 20.2. The first-order chi connectivity index (χ1) is 13.7. The first-order valence-electron chi connectivity index (χ1n) is 10.5. The van der Waals surface area contributed by atoms with Gasteiger partial charge in [0.15, 0.2) is 0 Å². The zero-order chi connectivity index (χ0) is 21.0. The van der Waals surface area contributed by atoms with Crippen LogP contribution in [0.2, 0.25) is 0 Å². The molecule has 0 aliphatic heterocycles. The van der Waals surface area contributed by atoms with Crippen LogP contribution >= 0.6 is 22.6 Å². The van der Waals surface area contributed by atoms with Gasteiger partial charge in [-0.2, -0.15) is 5.10 Å². The Kier molecular flexibility index (Phi) is 5.28. The predicted molar refractivity (Wildman–Crippen MR) is 121 cm³/mol. The SMILES string of the molecule is COC(=O)C12CCC(c3ccc(-n4nc(I)c(C(C)C)c4C)c(C)n3)(CC1)CC2. The van der Waals surface area contributed by atoms with E-state index >= 15 is 0 Å². The Morgan fingerprint density at radius 1 is 1.14 bits per heavy atom. The molecule has 0 atom stereocenters. The second-order valence-corrected chi connectivity index (χ2v) is 10.2. The van der Waals surface area contributed by atoms with Crippen LogP contribution in [0, 0.1) is 23.0 Å². The van der Waals surface area contributed by atoms with Gasteiger partial charge in [0.25, 0.3) is 0 Å². The third-order valence-corrected chi connectivity index (χ3v) is 8.19. The van der Waals surface area contributed by atoms with E-state index < -0.39 is 0 Å². The molecular formula is C23H30IN3O2. The van der Waals surface area contributed by atoms with Gasteiger partial charge in [0, 0.05) is 22.4 Å². The Hall–Kier alpha value is -1.44. The molecule has 0 aromatic carbocycles. The highest BCUT2D eigenvalue weighted by Crippen LogP contribution is 2.57. The van der Waals surface area contributed by atoms with Crippen molar-refractivity contribution in [1.29, 1.82) is 0 Å². The van der Waals surface area contributed by atoms with E-state index in [1.54, 1.807) is 0 Å². The molecule has 0 saturated heterocycles. The van der Waals surface area contributed by atoms with Gasteiger partial charge in [-0.05, 0) is 93.0 Å². The third-order valence-electron chi connectivity index (χ3n) is 7.39. The van der Waals surface area contributed by atoms with Crippen molar-refractivity contribution in [2.45, 2.75) is 77.6 Å². The average molecular weight is 507 g/mol. The predicted octanol–water partition coefficient (Wildman–Crippen LogP) is 5.38. The number of hydrogen-bond acceptors (Lipinski definition) is 4. The number of halogens is 1. The molecule has 3 saturated carbocycles. The van der Waals surface area contributed by atoms with Crippen LogP contribution in [0.15, 0.2) is 12.1 Å². The van der Waals surface area contributed by atoms with E-state index in [4.69, 9.17) is 14.8 Å². The monoisotopic (exact) mass is 507 g/mol. The Balaban J connectivity index is 1.65. The number of aromatic nitrogens is 3. The number of methoxy groups -OCH3 is 1. The fraction of sp³-hybridized carbons (Fsp3) is 0.609. The second kappa shape index (κ2) is 7.36. The van der Waals surface area contributed by atoms with Gasteiger partial charge < -0.3 is 4.74 Å². The van der Waals surface area contributed by atoms with Crippen molar-refractivity contribution in [3.63, 3.8) is 0 Å². The van der Waals surface area contributed by atoms with Gasteiger partial charge in [0.1, 0.15) is 3.70 Å². The fourth-order valence-corrected chi connectivity index (χ4v) is 6.76. The van der Waals surface area contributed by atoms with Crippen LogP contribution in [0.4, 0.5) is 0 Å². The molecular weight excluding hydrogens is 477 g/mol. The van der Waals surface area contributed by atoms with Crippen molar-refractivity contribution in [1.82, 2.24) is 14.8 Å². The molecule has 0 N–H and O–H groups in total. The van der Waals surface area contributed by atoms with Gasteiger partial charge in [-0.25, -0.2) is 4.68 Å². The van der Waals surface area contributed by atoms with E-state index in [-0.39, 0.29) is 16.8 Å². The third kappa shape index (κ3) is 3.22. The summed E-state index contributed by atoms with van der Waals surface area (Å²) in [5.41, 5.74) is 5.62. The summed E-state index contributed by atoms with van der Waals surface area (Å²) in [6.07, 6.45) is 5.79. The largest absolute Gasteiger partial charge is 0.469 e. The van der Waals surface area contributed by atoms with E-state index in [0.29, 0.717) is 5.92 Å². The smallest absolute Gasteiger partial charge is 0.311 e. The number of nitrogens with zero attached hydrogens (tertiary/aromatic N) is 3. The molecule has 0 spiro atoms. The maximum absolute atomic E-state index is 12.3. The van der Waals surface area contributed by atoms with Crippen molar-refractivity contribution in [2.24, 2.45) is 5.41 Å². The summed E-state index contributed by atoms with van der Waals surface area (Å²) in [5.74, 6) is 0.427. The second-order valence-electron chi connectivity index (χ2n) is 9.21. The normalized spacial score (nSPS) is 26.2. The lowest BCUT2D eigenvalue weighted by Gasteiger charge is -2.51. The summed E-state index contributed by atoms with van der Waals surface area (Å²) in [6, 6.07) is 4.38. The molecule has 156 valence electrons. The van der Waals surface area contributed by atoms with E-state index in [1.807, 2.05) is 4.68 Å². The molecule has 3 fully saturated rings. The van der Waals surface area contributed by atoms with Gasteiger partial charge in [-0.1, -0.05) is 13.8 Å². The number of hydrogen-bond donors (Lipinski definition) is 0. The molecule has 3 aliphatic carbocycles. The van der Waals surface area contributed by atoms with Crippen LogP contribution in [-0.4, -0.2) is 27.8 Å². The van der Waals surface area contributed by atoms with Crippen molar-refractivity contribution < 1.29 is 9.53 Å². The Labute approximate surface area is 186 Å². The summed E-state index contributed by atoms with van der Waals surface area (Å²) < 4.78 is 8.22. The van der Waals surface area contributed by atoms with Gasteiger partial charge in [0.2, 0.25) is 0 Å². The highest BCUT2D eigenvalue weighted by molar-refractivity contribution is 14.1. The first kappa shape index (κ1) is 20.8. The number of carbonyl (C=O) groups excluding carboxylic acids is 1. The molecule has 0 unspecified atom stereocenters. The fourth-order valence-electron chi connectivity index (χ4n) is 5.54. The minimum atomic E-state index is -0.248. The highest BCUT2D eigenvalue weighted by Gasteiger charge is 2.54. The Morgan fingerprint density at radius 2 is 1.76 bits per heavy atom. The molecule has 0 amide bonds. The van der Waals surface area contributed by atoms with E-state index in [0.717, 1.165) is 53.6 Å². The van der Waals surface area contributed by atoms with E-state index in [1.165, 1.54) is 24.1 Å². The number of rotatable bonds is 4. The van der Waals surface area contributed by atoms with Crippen LogP contribution in [-0.2, 0) is 14.9 Å². The maximum Gasteiger partial charge on any atom is 0.311 e. The van der Waals surface area contributed by atoms with Crippen LogP contribution < -0.4 is 0 Å². The number of aryl methyl sites for hydroxylation is 1. The van der Waals surface area contributed by atoms with Crippen LogP contribution in [0.1, 0.15) is 80.9 Å². The summed E-state index contributed by atoms with van der Waals surface area (Å²) >= 11 is 2.34. The average Bonchev–Trinajstić information content (AvgIpc) is 3.02. The number of carbonyl (C=O) groups is 1. The molecule has 2 aromatic rings. The zero-order valence-electron chi connectivity index (χ0n) is 18.0. The van der Waals surface area contributed by atoms with Gasteiger partial charge >= 0.3 is 5.97 Å². The molecule has 2 heterocycles. The van der Waals surface area contributed by atoms with E-state index in [9.17, 15) is 4.79 Å². The minimum absolute atomic E-state index is 0.0185. The summed E-state index contributed by atoms with van der Waals surface area (Å²) in [6.45, 7) is 8.66. The molecule has 5 rings (SSSR count). The number of ether oxygens (including phenoxy) is 1. The molecule has 6 heteroatoms. The van der Waals surface area contributed by atoms with Crippen molar-refractivity contribution in [3.8, 4) is 5.69 Å². The van der Waals surface area contributed by atoms with Crippen molar-refractivity contribution >= 4 is 28.6 Å². The topological polar surface area (TPSA) is 57.0 Å². The number of pyridine rings is 1. The van der Waals surface area contributed by atoms with Gasteiger partial charge in [-0.15, -0.1) is 0 Å². The lowest BCUT2D eigenvalue weighted by atomic mass is 9.52. The summed E-state index contributed by atoms with van der Waals surface area (Å²) in [7, 11) is 1.51. The van der Waals surface area contributed by atoms with Crippen LogP contribution in [0.5, 0.6) is 0 Å². The quantitative estimate of drug-likeness (QED) is 0.412. The Morgan fingerprint density at radius 3 is 2.24 bits per heavy atom. The molecule has 29 heavy (non-hydrogen) atoms. The van der Waals surface area contributed by atoms with Gasteiger partial charge in [0.05, 0.1) is 23.9 Å². The minimum Gasteiger partial charge on any atom is -0.469 e. The van der Waals surface area contributed by atoms with Crippen molar-refractivity contribution in [3.05, 3.63) is 38.5 Å². The van der Waals surface area contributed by atoms with E-state index in [2.05, 4.69) is 62.4 Å². The molecule has 2 aromatic heterocycles. The number of esters is 1. The first-order valence-corrected chi connectivity index (χ1v) is 11.6. The molecule has 0 radical (unpaired) electrons. The van der Waals surface area contributed by atoms with Crippen LogP contribution in [0.3, 0.4) is 0 Å². The molecule has 3 aliphatic rings. The standard InChI is InChI=1S/C23H30IN3O2/c1-14(2)19-16(4)27(26-20(19)24)17-6-7-18(25-15(17)3)22-8-11-23(12-9-22,13-10-22)21(28)29-5/h6-7,14H,8-13H2,1-5H3. The van der Waals surface area contributed by atoms with Crippen molar-refractivity contribution in [2.75, 3.05) is 7.11 Å². The number of fused-ring (bicyclic) bond motifs is 3.